The molecule has 2 N–H and O–H groups in total. The van der Waals surface area contributed by atoms with Gasteiger partial charge in [0, 0.05) is 54.8 Å². The summed E-state index contributed by atoms with van der Waals surface area (Å²) < 4.78 is 97.4. The molecule has 46 heavy (non-hydrogen) atoms. The third-order valence-electron chi connectivity index (χ3n) is 10.2. The molecule has 8 rings (SSSR count). The van der Waals surface area contributed by atoms with E-state index in [9.17, 15) is 17.6 Å². The zero-order valence-corrected chi connectivity index (χ0v) is 25.2. The fourth-order valence-electron chi connectivity index (χ4n) is 8.23. The maximum Gasteiger partial charge on any atom is 0.418 e. The van der Waals surface area contributed by atoms with E-state index in [0.29, 0.717) is 26.1 Å². The highest BCUT2D eigenvalue weighted by atomic mass is 19.4. The Bertz CT molecular complexity index is 1870. The Labute approximate surface area is 259 Å². The molecule has 7 heterocycles. The van der Waals surface area contributed by atoms with Crippen LogP contribution < -0.4 is 15.0 Å². The van der Waals surface area contributed by atoms with Crippen LogP contribution in [0.15, 0.2) is 6.07 Å². The molecule has 1 aromatic carbocycles. The van der Waals surface area contributed by atoms with E-state index < -0.39 is 51.9 Å². The number of aromatic nitrogens is 5. The fraction of sp³-hybridized carbons (Fsp3) is 0.548. The summed E-state index contributed by atoms with van der Waals surface area (Å²) in [4.78, 5) is 17.0. The van der Waals surface area contributed by atoms with Gasteiger partial charge in [0.25, 0.3) is 0 Å². The SMILES string of the molecule is Cc1nc2n[nH]c(C)c2c(-c2c(F)cc3c(N4C[C@H]5CC[C@@H](C4)N5)nc(OC[C@@]45CCCN4C[C@H](F)C5)nc3c2F)c1C(F)(F)F. The Morgan fingerprint density at radius 2 is 1.80 bits per heavy atom. The van der Waals surface area contributed by atoms with E-state index >= 15 is 8.78 Å². The maximum absolute atomic E-state index is 16.9. The van der Waals surface area contributed by atoms with Gasteiger partial charge in [-0.15, -0.1) is 0 Å². The Morgan fingerprint density at radius 1 is 1.04 bits per heavy atom. The fourth-order valence-corrected chi connectivity index (χ4v) is 8.23. The van der Waals surface area contributed by atoms with Crippen LogP contribution in [0.25, 0.3) is 33.1 Å². The highest BCUT2D eigenvalue weighted by Crippen LogP contribution is 2.47. The molecule has 9 nitrogen and oxygen atoms in total. The predicted octanol–water partition coefficient (Wildman–Crippen LogP) is 5.38. The zero-order chi connectivity index (χ0) is 32.1. The van der Waals surface area contributed by atoms with Gasteiger partial charge in [-0.3, -0.25) is 10.00 Å². The van der Waals surface area contributed by atoms with Gasteiger partial charge in [-0.1, -0.05) is 0 Å². The minimum absolute atomic E-state index is 0.0252. The van der Waals surface area contributed by atoms with Gasteiger partial charge in [-0.05, 0) is 52.1 Å². The number of fused-ring (bicyclic) bond motifs is 5. The summed E-state index contributed by atoms with van der Waals surface area (Å²) >= 11 is 0. The van der Waals surface area contributed by atoms with Crippen molar-refractivity contribution in [1.29, 1.82) is 0 Å². The number of hydrogen-bond acceptors (Lipinski definition) is 8. The monoisotopic (exact) mass is 646 g/mol. The number of pyridine rings is 1. The first-order chi connectivity index (χ1) is 21.9. The van der Waals surface area contributed by atoms with Gasteiger partial charge in [0.1, 0.15) is 29.9 Å². The Balaban J connectivity index is 1.33. The lowest BCUT2D eigenvalue weighted by atomic mass is 9.93. The van der Waals surface area contributed by atoms with Crippen LogP contribution in [0.4, 0.5) is 32.2 Å². The van der Waals surface area contributed by atoms with Crippen LogP contribution >= 0.6 is 0 Å². The summed E-state index contributed by atoms with van der Waals surface area (Å²) in [5, 5.41) is 9.97. The topological polar surface area (TPSA) is 95.1 Å². The molecule has 4 fully saturated rings. The lowest BCUT2D eigenvalue weighted by Gasteiger charge is -2.34. The lowest BCUT2D eigenvalue weighted by molar-refractivity contribution is -0.137. The molecule has 0 amide bonds. The lowest BCUT2D eigenvalue weighted by Crippen LogP contribution is -2.51. The number of nitrogens with one attached hydrogen (secondary N) is 2. The largest absolute Gasteiger partial charge is 0.461 e. The number of aromatic amines is 1. The van der Waals surface area contributed by atoms with Gasteiger partial charge in [0.05, 0.1) is 27.7 Å². The summed E-state index contributed by atoms with van der Waals surface area (Å²) in [6.45, 7) is 4.75. The van der Waals surface area contributed by atoms with Crippen LogP contribution in [-0.4, -0.2) is 86.6 Å². The van der Waals surface area contributed by atoms with E-state index in [-0.39, 0.29) is 58.1 Å². The van der Waals surface area contributed by atoms with E-state index in [2.05, 4.69) is 35.4 Å². The normalized spacial score (nSPS) is 26.5. The first-order valence-electron chi connectivity index (χ1n) is 15.6. The average Bonchev–Trinajstić information content (AvgIpc) is 3.73. The molecule has 4 atom stereocenters. The van der Waals surface area contributed by atoms with E-state index in [1.807, 2.05) is 4.90 Å². The Kier molecular flexibility index (Phi) is 6.70. The molecule has 0 unspecified atom stereocenters. The number of benzene rings is 1. The van der Waals surface area contributed by atoms with E-state index in [1.54, 1.807) is 0 Å². The second kappa shape index (κ2) is 10.4. The van der Waals surface area contributed by atoms with Crippen LogP contribution in [0.1, 0.15) is 49.1 Å². The number of piperazine rings is 1. The summed E-state index contributed by atoms with van der Waals surface area (Å²) in [6.07, 6.45) is -2.21. The number of nitrogens with zero attached hydrogens (tertiary/aromatic N) is 6. The molecule has 4 aliphatic heterocycles. The Morgan fingerprint density at radius 3 is 2.54 bits per heavy atom. The Hall–Kier alpha value is -3.72. The summed E-state index contributed by atoms with van der Waals surface area (Å²) in [6, 6.07) is 1.12. The summed E-state index contributed by atoms with van der Waals surface area (Å²) in [7, 11) is 0. The van der Waals surface area contributed by atoms with Crippen molar-refractivity contribution in [1.82, 2.24) is 35.4 Å². The molecule has 4 saturated heterocycles. The van der Waals surface area contributed by atoms with Gasteiger partial charge in [0.15, 0.2) is 11.5 Å². The number of aryl methyl sites for hydroxylation is 2. The van der Waals surface area contributed by atoms with Gasteiger partial charge < -0.3 is 15.0 Å². The van der Waals surface area contributed by atoms with Crippen molar-refractivity contribution >= 4 is 27.8 Å². The van der Waals surface area contributed by atoms with Crippen molar-refractivity contribution in [3.05, 3.63) is 34.7 Å². The predicted molar refractivity (Wildman–Crippen MR) is 158 cm³/mol. The van der Waals surface area contributed by atoms with E-state index in [0.717, 1.165) is 45.2 Å². The summed E-state index contributed by atoms with van der Waals surface area (Å²) in [5.74, 6) is -2.23. The first kappa shape index (κ1) is 29.7. The van der Waals surface area contributed by atoms with Crippen LogP contribution in [0.2, 0.25) is 0 Å². The highest BCUT2D eigenvalue weighted by Gasteiger charge is 2.49. The number of alkyl halides is 4. The average molecular weight is 647 g/mol. The van der Waals surface area contributed by atoms with E-state index in [1.165, 1.54) is 6.92 Å². The van der Waals surface area contributed by atoms with E-state index in [4.69, 9.17) is 4.74 Å². The minimum atomic E-state index is -4.98. The molecule has 0 aliphatic carbocycles. The maximum atomic E-state index is 16.9. The van der Waals surface area contributed by atoms with Crippen LogP contribution in [0, 0.1) is 25.5 Å². The van der Waals surface area contributed by atoms with Crippen molar-refractivity contribution in [3.8, 4) is 17.1 Å². The molecule has 0 radical (unpaired) electrons. The van der Waals surface area contributed by atoms with Gasteiger partial charge in [-0.25, -0.2) is 18.2 Å². The second-order valence-electron chi connectivity index (χ2n) is 13.2. The molecule has 0 spiro atoms. The van der Waals surface area contributed by atoms with Gasteiger partial charge in [-0.2, -0.15) is 28.2 Å². The minimum Gasteiger partial charge on any atom is -0.461 e. The smallest absolute Gasteiger partial charge is 0.418 e. The first-order valence-corrected chi connectivity index (χ1v) is 15.6. The number of anilines is 1. The second-order valence-corrected chi connectivity index (χ2v) is 13.2. The van der Waals surface area contributed by atoms with Crippen molar-refractivity contribution in [2.45, 2.75) is 75.9 Å². The number of H-pyrrole nitrogens is 1. The molecule has 2 bridgehead atoms. The van der Waals surface area contributed by atoms with Crippen LogP contribution in [-0.2, 0) is 6.18 Å². The van der Waals surface area contributed by atoms with Crippen molar-refractivity contribution < 1.29 is 31.1 Å². The molecular weight excluding hydrogens is 614 g/mol. The van der Waals surface area contributed by atoms with Crippen molar-refractivity contribution in [2.75, 3.05) is 37.7 Å². The van der Waals surface area contributed by atoms with Crippen LogP contribution in [0.3, 0.4) is 0 Å². The zero-order valence-electron chi connectivity index (χ0n) is 25.2. The number of hydrogen-bond donors (Lipinski definition) is 2. The summed E-state index contributed by atoms with van der Waals surface area (Å²) in [5.41, 5.74) is -4.12. The molecule has 3 aromatic heterocycles. The standard InChI is InChI=1S/C31H32F6N8O/c1-14-21-23(24(31(35,36)37)15(2)38-27(21)43-42-14)22-20(33)8-19-26(25(22)34)40-29(41-28(19)44-11-17-4-5-18(12-44)39-17)46-13-30-6-3-7-45(30)10-16(32)9-30/h8,16-18,39H,3-7,9-13H2,1-2H3,(H,38,42,43)/t16-,17-,18+,30+/m1/s1. The molecule has 0 saturated carbocycles. The number of halogens is 6. The van der Waals surface area contributed by atoms with Crippen LogP contribution in [0.5, 0.6) is 6.01 Å². The molecule has 244 valence electrons. The molecule has 4 aromatic rings. The molecule has 15 heteroatoms. The van der Waals surface area contributed by atoms with Crippen molar-refractivity contribution in [2.24, 2.45) is 0 Å². The van der Waals surface area contributed by atoms with Crippen molar-refractivity contribution in [3.63, 3.8) is 0 Å². The third kappa shape index (κ3) is 4.60. The molecular formula is C31H32F6N8O. The van der Waals surface area contributed by atoms with Gasteiger partial charge >= 0.3 is 12.2 Å². The third-order valence-corrected chi connectivity index (χ3v) is 10.2. The van der Waals surface area contributed by atoms with Gasteiger partial charge in [0.2, 0.25) is 0 Å². The quantitative estimate of drug-likeness (QED) is 0.280. The number of ether oxygens (including phenoxy) is 1. The number of rotatable bonds is 5. The highest BCUT2D eigenvalue weighted by molar-refractivity contribution is 6.01. The molecule has 4 aliphatic rings.